The van der Waals surface area contributed by atoms with Crippen LogP contribution in [-0.4, -0.2) is 15.8 Å². The molecular formula is C17H26O2. The molecule has 1 aliphatic rings. The lowest BCUT2D eigenvalue weighted by Crippen LogP contribution is -2.30. The van der Waals surface area contributed by atoms with Gasteiger partial charge in [-0.2, -0.15) is 0 Å². The van der Waals surface area contributed by atoms with Crippen LogP contribution in [0.25, 0.3) is 0 Å². The lowest BCUT2D eigenvalue weighted by Gasteiger charge is -2.27. The van der Waals surface area contributed by atoms with Crippen molar-refractivity contribution in [3.05, 3.63) is 29.8 Å². The van der Waals surface area contributed by atoms with Crippen molar-refractivity contribution in [1.29, 1.82) is 0 Å². The Bertz CT molecular complexity index is 396. The third-order valence-electron chi connectivity index (χ3n) is 4.61. The Labute approximate surface area is 116 Å². The van der Waals surface area contributed by atoms with Crippen LogP contribution in [0.4, 0.5) is 0 Å². The van der Waals surface area contributed by atoms with Gasteiger partial charge in [0.15, 0.2) is 0 Å². The van der Waals surface area contributed by atoms with Crippen LogP contribution in [0, 0.1) is 11.8 Å². The summed E-state index contributed by atoms with van der Waals surface area (Å²) >= 11 is 0. The summed E-state index contributed by atoms with van der Waals surface area (Å²) in [6.45, 7) is 4.57. The van der Waals surface area contributed by atoms with Gasteiger partial charge in [-0.3, -0.25) is 0 Å². The average Bonchev–Trinajstić information content (AvgIpc) is 2.55. The molecule has 1 aliphatic carbocycles. The van der Waals surface area contributed by atoms with Gasteiger partial charge in [-0.25, -0.2) is 0 Å². The van der Waals surface area contributed by atoms with Crippen LogP contribution < -0.4 is 0 Å². The first kappa shape index (κ1) is 14.4. The Balaban J connectivity index is 2.00. The van der Waals surface area contributed by atoms with Gasteiger partial charge in [0.05, 0.1) is 5.60 Å². The van der Waals surface area contributed by atoms with E-state index in [1.165, 1.54) is 6.42 Å². The predicted molar refractivity (Wildman–Crippen MR) is 78.2 cm³/mol. The van der Waals surface area contributed by atoms with Crippen LogP contribution in [0.5, 0.6) is 5.75 Å². The van der Waals surface area contributed by atoms with Gasteiger partial charge in [-0.05, 0) is 48.8 Å². The highest BCUT2D eigenvalue weighted by molar-refractivity contribution is 5.27. The first-order valence-corrected chi connectivity index (χ1v) is 7.49. The minimum absolute atomic E-state index is 0.288. The molecule has 106 valence electrons. The Morgan fingerprint density at radius 2 is 1.84 bits per heavy atom. The summed E-state index contributed by atoms with van der Waals surface area (Å²) in [5, 5.41) is 20.1. The highest BCUT2D eigenvalue weighted by Gasteiger charge is 2.31. The Morgan fingerprint density at radius 1 is 1.16 bits per heavy atom. The number of rotatable bonds is 3. The topological polar surface area (TPSA) is 40.5 Å². The smallest absolute Gasteiger partial charge is 0.115 e. The van der Waals surface area contributed by atoms with Gasteiger partial charge in [0, 0.05) is 6.42 Å². The van der Waals surface area contributed by atoms with Crippen LogP contribution in [-0.2, 0) is 6.42 Å². The van der Waals surface area contributed by atoms with Gasteiger partial charge in [0.2, 0.25) is 0 Å². The van der Waals surface area contributed by atoms with E-state index in [1.807, 2.05) is 12.1 Å². The van der Waals surface area contributed by atoms with Crippen LogP contribution in [0.1, 0.15) is 51.5 Å². The molecule has 1 aromatic carbocycles. The molecule has 2 heteroatoms. The molecule has 0 radical (unpaired) electrons. The second kappa shape index (κ2) is 5.96. The van der Waals surface area contributed by atoms with Crippen LogP contribution in [0.3, 0.4) is 0 Å². The molecule has 1 fully saturated rings. The van der Waals surface area contributed by atoms with Gasteiger partial charge < -0.3 is 10.2 Å². The maximum absolute atomic E-state index is 10.8. The molecule has 2 unspecified atom stereocenters. The quantitative estimate of drug-likeness (QED) is 0.811. The maximum Gasteiger partial charge on any atom is 0.115 e. The van der Waals surface area contributed by atoms with E-state index in [0.29, 0.717) is 6.42 Å². The molecule has 2 nitrogen and oxygen atoms in total. The lowest BCUT2D eigenvalue weighted by molar-refractivity contribution is 0.0236. The van der Waals surface area contributed by atoms with Gasteiger partial charge in [-0.15, -0.1) is 0 Å². The van der Waals surface area contributed by atoms with Crippen LogP contribution in [0.2, 0.25) is 0 Å². The summed E-state index contributed by atoms with van der Waals surface area (Å²) in [6.07, 6.45) is 6.01. The number of hydrogen-bond donors (Lipinski definition) is 2. The summed E-state index contributed by atoms with van der Waals surface area (Å²) in [5.74, 6) is 1.77. The van der Waals surface area contributed by atoms with Crippen molar-refractivity contribution >= 4 is 0 Å². The monoisotopic (exact) mass is 262 g/mol. The standard InChI is InChI=1S/C17H26O2/c1-13(2)15-4-3-10-17(19,11-9-15)12-14-5-7-16(18)8-6-14/h5-8,13,15,18-19H,3-4,9-12H2,1-2H3. The second-order valence-corrected chi connectivity index (χ2v) is 6.50. The lowest BCUT2D eigenvalue weighted by atomic mass is 9.85. The molecule has 0 heterocycles. The third-order valence-corrected chi connectivity index (χ3v) is 4.61. The number of aromatic hydroxyl groups is 1. The molecule has 0 aliphatic heterocycles. The van der Waals surface area contributed by atoms with Crippen molar-refractivity contribution in [1.82, 2.24) is 0 Å². The van der Waals surface area contributed by atoms with E-state index in [4.69, 9.17) is 0 Å². The summed E-state index contributed by atoms with van der Waals surface area (Å²) < 4.78 is 0. The normalized spacial score (nSPS) is 28.3. The fourth-order valence-electron chi connectivity index (χ4n) is 3.25. The Kier molecular flexibility index (Phi) is 4.51. The second-order valence-electron chi connectivity index (χ2n) is 6.50. The molecule has 0 bridgehead atoms. The molecule has 0 spiro atoms. The number of phenolic OH excluding ortho intramolecular Hbond substituents is 1. The summed E-state index contributed by atoms with van der Waals surface area (Å²) in [5.41, 5.74) is 0.559. The minimum atomic E-state index is -0.555. The van der Waals surface area contributed by atoms with E-state index in [2.05, 4.69) is 13.8 Å². The van der Waals surface area contributed by atoms with Crippen molar-refractivity contribution < 1.29 is 10.2 Å². The first-order valence-electron chi connectivity index (χ1n) is 7.49. The number of aliphatic hydroxyl groups is 1. The van der Waals surface area contributed by atoms with E-state index < -0.39 is 5.60 Å². The molecule has 2 atom stereocenters. The molecule has 2 N–H and O–H groups in total. The van der Waals surface area contributed by atoms with Crippen molar-refractivity contribution in [3.63, 3.8) is 0 Å². The summed E-state index contributed by atoms with van der Waals surface area (Å²) in [7, 11) is 0. The van der Waals surface area contributed by atoms with Crippen molar-refractivity contribution in [2.45, 2.75) is 58.0 Å². The zero-order valence-corrected chi connectivity index (χ0v) is 12.1. The Morgan fingerprint density at radius 3 is 2.47 bits per heavy atom. The third kappa shape index (κ3) is 3.97. The minimum Gasteiger partial charge on any atom is -0.508 e. The van der Waals surface area contributed by atoms with Crippen LogP contribution in [0.15, 0.2) is 24.3 Å². The fraction of sp³-hybridized carbons (Fsp3) is 0.647. The number of phenols is 1. The van der Waals surface area contributed by atoms with Gasteiger partial charge in [0.25, 0.3) is 0 Å². The van der Waals surface area contributed by atoms with E-state index in [1.54, 1.807) is 12.1 Å². The molecular weight excluding hydrogens is 236 g/mol. The van der Waals surface area contributed by atoms with Crippen LogP contribution >= 0.6 is 0 Å². The van der Waals surface area contributed by atoms with Gasteiger partial charge in [-0.1, -0.05) is 38.8 Å². The molecule has 0 aromatic heterocycles. The molecule has 19 heavy (non-hydrogen) atoms. The number of hydrogen-bond acceptors (Lipinski definition) is 2. The zero-order chi connectivity index (χ0) is 13.9. The molecule has 1 saturated carbocycles. The molecule has 2 rings (SSSR count). The summed E-state index contributed by atoms with van der Waals surface area (Å²) in [4.78, 5) is 0. The Hall–Kier alpha value is -1.02. The van der Waals surface area contributed by atoms with Crippen molar-refractivity contribution in [3.8, 4) is 5.75 Å². The van der Waals surface area contributed by atoms with E-state index >= 15 is 0 Å². The SMILES string of the molecule is CC(C)C1CCCC(O)(Cc2ccc(O)cc2)CC1. The average molecular weight is 262 g/mol. The molecule has 0 saturated heterocycles. The highest BCUT2D eigenvalue weighted by atomic mass is 16.3. The maximum atomic E-state index is 10.8. The zero-order valence-electron chi connectivity index (χ0n) is 12.1. The molecule has 0 amide bonds. The largest absolute Gasteiger partial charge is 0.508 e. The molecule has 1 aromatic rings. The van der Waals surface area contributed by atoms with E-state index in [9.17, 15) is 10.2 Å². The van der Waals surface area contributed by atoms with Gasteiger partial charge >= 0.3 is 0 Å². The van der Waals surface area contributed by atoms with Crippen molar-refractivity contribution in [2.24, 2.45) is 11.8 Å². The van der Waals surface area contributed by atoms with E-state index in [-0.39, 0.29) is 5.75 Å². The highest BCUT2D eigenvalue weighted by Crippen LogP contribution is 2.35. The number of benzene rings is 1. The fourth-order valence-corrected chi connectivity index (χ4v) is 3.25. The van der Waals surface area contributed by atoms with Gasteiger partial charge in [0.1, 0.15) is 5.75 Å². The summed E-state index contributed by atoms with van der Waals surface area (Å²) in [6, 6.07) is 7.23. The predicted octanol–water partition coefficient (Wildman–Crippen LogP) is 3.90. The first-order chi connectivity index (χ1) is 8.98. The van der Waals surface area contributed by atoms with Crippen molar-refractivity contribution in [2.75, 3.05) is 0 Å². The van der Waals surface area contributed by atoms with E-state index in [0.717, 1.165) is 43.1 Å².